The maximum absolute atomic E-state index is 9.13. The van der Waals surface area contributed by atoms with Crippen LogP contribution in [0.2, 0.25) is 5.28 Å². The summed E-state index contributed by atoms with van der Waals surface area (Å²) in [6, 6.07) is 13.1. The minimum atomic E-state index is 0.223. The summed E-state index contributed by atoms with van der Waals surface area (Å²) in [5.41, 5.74) is 3.56. The molecule has 0 bridgehead atoms. The van der Waals surface area contributed by atoms with Crippen LogP contribution < -0.4 is 4.90 Å². The molecule has 0 radical (unpaired) electrons. The smallest absolute Gasteiger partial charge is 0.224 e. The first-order valence-electron chi connectivity index (χ1n) is 9.77. The summed E-state index contributed by atoms with van der Waals surface area (Å²) >= 11 is 6.30. The van der Waals surface area contributed by atoms with Gasteiger partial charge in [0.25, 0.3) is 0 Å². The highest BCUT2D eigenvalue weighted by atomic mass is 35.5. The van der Waals surface area contributed by atoms with Crippen molar-refractivity contribution in [2.45, 2.75) is 32.0 Å². The Kier molecular flexibility index (Phi) is 5.77. The van der Waals surface area contributed by atoms with Gasteiger partial charge in [0, 0.05) is 50.9 Å². The third kappa shape index (κ3) is 4.12. The summed E-state index contributed by atoms with van der Waals surface area (Å²) in [5.74, 6) is 0.963. The lowest BCUT2D eigenvalue weighted by Crippen LogP contribution is -2.52. The molecule has 146 valence electrons. The topological polar surface area (TPSA) is 59.3 Å². The molecule has 28 heavy (non-hydrogen) atoms. The van der Waals surface area contributed by atoms with Gasteiger partial charge in [0.2, 0.25) is 5.28 Å². The summed E-state index contributed by atoms with van der Waals surface area (Å²) < 4.78 is 0. The number of anilines is 1. The highest BCUT2D eigenvalue weighted by Crippen LogP contribution is 2.30. The van der Waals surface area contributed by atoms with E-state index in [9.17, 15) is 0 Å². The van der Waals surface area contributed by atoms with Crippen molar-refractivity contribution in [1.82, 2.24) is 19.8 Å². The highest BCUT2D eigenvalue weighted by Gasteiger charge is 2.29. The second kappa shape index (κ2) is 8.44. The van der Waals surface area contributed by atoms with Crippen LogP contribution in [0.3, 0.4) is 0 Å². The fourth-order valence-electron chi connectivity index (χ4n) is 4.14. The molecular weight excluding hydrogens is 372 g/mol. The Morgan fingerprint density at radius 1 is 1.18 bits per heavy atom. The molecule has 1 aromatic carbocycles. The van der Waals surface area contributed by atoms with Crippen LogP contribution in [0.25, 0.3) is 0 Å². The SMILES string of the molecule is CN1CCN(c2nc(Cl)nc3c2CCN(Cc2ccccc2)C3)CC1CC#N. The summed E-state index contributed by atoms with van der Waals surface area (Å²) in [7, 11) is 2.09. The number of hydrogen-bond donors (Lipinski definition) is 0. The molecule has 1 saturated heterocycles. The number of piperazine rings is 1. The van der Waals surface area contributed by atoms with Crippen LogP contribution in [-0.2, 0) is 19.5 Å². The van der Waals surface area contributed by atoms with Crippen molar-refractivity contribution in [3.05, 3.63) is 52.4 Å². The zero-order valence-corrected chi connectivity index (χ0v) is 16.9. The average molecular weight is 397 g/mol. The predicted molar refractivity (Wildman–Crippen MR) is 110 cm³/mol. The fraction of sp³-hybridized carbons (Fsp3) is 0.476. The van der Waals surface area contributed by atoms with Crippen LogP contribution in [0.5, 0.6) is 0 Å². The van der Waals surface area contributed by atoms with Crippen LogP contribution in [0.4, 0.5) is 5.82 Å². The third-order valence-corrected chi connectivity index (χ3v) is 5.92. The first kappa shape index (κ1) is 19.1. The molecule has 1 unspecified atom stereocenters. The van der Waals surface area contributed by atoms with E-state index >= 15 is 0 Å². The van der Waals surface area contributed by atoms with Crippen molar-refractivity contribution in [2.75, 3.05) is 38.1 Å². The van der Waals surface area contributed by atoms with Gasteiger partial charge in [0.15, 0.2) is 0 Å². The molecule has 1 atom stereocenters. The molecule has 0 N–H and O–H groups in total. The second-order valence-corrected chi connectivity index (χ2v) is 7.97. The second-order valence-electron chi connectivity index (χ2n) is 7.63. The summed E-state index contributed by atoms with van der Waals surface area (Å²) in [6.45, 7) is 5.30. The number of nitrogens with zero attached hydrogens (tertiary/aromatic N) is 6. The number of likely N-dealkylation sites (N-methyl/N-ethyl adjacent to an activating group) is 1. The van der Waals surface area contributed by atoms with E-state index in [2.05, 4.69) is 62.1 Å². The van der Waals surface area contributed by atoms with E-state index in [0.29, 0.717) is 11.7 Å². The monoisotopic (exact) mass is 396 g/mol. The van der Waals surface area contributed by atoms with Crippen molar-refractivity contribution in [1.29, 1.82) is 5.26 Å². The molecule has 0 aliphatic carbocycles. The van der Waals surface area contributed by atoms with E-state index in [0.717, 1.165) is 57.2 Å². The Hall–Kier alpha value is -2.20. The van der Waals surface area contributed by atoms with E-state index < -0.39 is 0 Å². The van der Waals surface area contributed by atoms with Crippen molar-refractivity contribution in [3.63, 3.8) is 0 Å². The lowest BCUT2D eigenvalue weighted by Gasteiger charge is -2.40. The minimum absolute atomic E-state index is 0.223. The van der Waals surface area contributed by atoms with Gasteiger partial charge in [0.05, 0.1) is 18.2 Å². The largest absolute Gasteiger partial charge is 0.353 e. The molecule has 2 aliphatic rings. The molecular formula is C21H25ClN6. The van der Waals surface area contributed by atoms with Crippen molar-refractivity contribution in [2.24, 2.45) is 0 Å². The van der Waals surface area contributed by atoms with E-state index in [4.69, 9.17) is 16.9 Å². The number of benzene rings is 1. The van der Waals surface area contributed by atoms with Crippen LogP contribution in [-0.4, -0.2) is 59.0 Å². The van der Waals surface area contributed by atoms with Gasteiger partial charge in [-0.15, -0.1) is 0 Å². The van der Waals surface area contributed by atoms with E-state index in [1.54, 1.807) is 0 Å². The molecule has 3 heterocycles. The minimum Gasteiger partial charge on any atom is -0.353 e. The first-order valence-corrected chi connectivity index (χ1v) is 10.2. The summed E-state index contributed by atoms with van der Waals surface area (Å²) in [6.07, 6.45) is 1.45. The quantitative estimate of drug-likeness (QED) is 0.740. The van der Waals surface area contributed by atoms with Crippen LogP contribution in [0.15, 0.2) is 30.3 Å². The van der Waals surface area contributed by atoms with Gasteiger partial charge in [-0.05, 0) is 30.6 Å². The zero-order valence-electron chi connectivity index (χ0n) is 16.2. The molecule has 1 fully saturated rings. The number of aromatic nitrogens is 2. The van der Waals surface area contributed by atoms with E-state index in [1.165, 1.54) is 11.1 Å². The van der Waals surface area contributed by atoms with Gasteiger partial charge in [-0.3, -0.25) is 9.80 Å². The lowest BCUT2D eigenvalue weighted by molar-refractivity contribution is 0.219. The van der Waals surface area contributed by atoms with Crippen LogP contribution in [0, 0.1) is 11.3 Å². The number of fused-ring (bicyclic) bond motifs is 1. The highest BCUT2D eigenvalue weighted by molar-refractivity contribution is 6.28. The lowest BCUT2D eigenvalue weighted by atomic mass is 10.0. The Morgan fingerprint density at radius 2 is 2.00 bits per heavy atom. The van der Waals surface area contributed by atoms with Gasteiger partial charge in [-0.1, -0.05) is 30.3 Å². The van der Waals surface area contributed by atoms with Crippen molar-refractivity contribution >= 4 is 17.4 Å². The molecule has 0 amide bonds. The Morgan fingerprint density at radius 3 is 2.79 bits per heavy atom. The Bertz CT molecular complexity index is 865. The molecule has 7 heteroatoms. The molecule has 2 aliphatic heterocycles. The Balaban J connectivity index is 1.55. The van der Waals surface area contributed by atoms with Crippen LogP contribution in [0.1, 0.15) is 23.2 Å². The van der Waals surface area contributed by atoms with Crippen molar-refractivity contribution < 1.29 is 0 Å². The molecule has 0 spiro atoms. The predicted octanol–water partition coefficient (Wildman–Crippen LogP) is 2.72. The van der Waals surface area contributed by atoms with Crippen LogP contribution >= 0.6 is 11.6 Å². The van der Waals surface area contributed by atoms with Gasteiger partial charge < -0.3 is 4.90 Å². The fourth-order valence-corrected chi connectivity index (χ4v) is 4.32. The van der Waals surface area contributed by atoms with E-state index in [1.807, 2.05) is 6.07 Å². The van der Waals surface area contributed by atoms with Gasteiger partial charge >= 0.3 is 0 Å². The van der Waals surface area contributed by atoms with E-state index in [-0.39, 0.29) is 6.04 Å². The number of nitriles is 1. The standard InChI is InChI=1S/C21H25ClN6/c1-26-11-12-28(14-17(26)7-9-23)20-18-8-10-27(13-16-5-3-2-4-6-16)15-19(18)24-21(22)25-20/h2-6,17H,7-8,10-15H2,1H3. The maximum atomic E-state index is 9.13. The van der Waals surface area contributed by atoms with Gasteiger partial charge in [-0.2, -0.15) is 5.26 Å². The normalized spacial score (nSPS) is 20.6. The molecule has 6 nitrogen and oxygen atoms in total. The van der Waals surface area contributed by atoms with Gasteiger partial charge in [-0.25, -0.2) is 9.97 Å². The first-order chi connectivity index (χ1) is 13.6. The number of halogens is 1. The maximum Gasteiger partial charge on any atom is 0.224 e. The molecule has 0 saturated carbocycles. The molecule has 1 aromatic heterocycles. The molecule has 2 aromatic rings. The summed E-state index contributed by atoms with van der Waals surface area (Å²) in [4.78, 5) is 16.1. The van der Waals surface area contributed by atoms with Crippen molar-refractivity contribution in [3.8, 4) is 6.07 Å². The number of rotatable bonds is 4. The zero-order chi connectivity index (χ0) is 19.5. The Labute approximate surface area is 171 Å². The average Bonchev–Trinajstić information content (AvgIpc) is 2.70. The third-order valence-electron chi connectivity index (χ3n) is 5.75. The summed E-state index contributed by atoms with van der Waals surface area (Å²) in [5, 5.41) is 9.44. The van der Waals surface area contributed by atoms with Gasteiger partial charge in [0.1, 0.15) is 5.82 Å². The number of hydrogen-bond acceptors (Lipinski definition) is 6. The molecule has 4 rings (SSSR count).